The van der Waals surface area contributed by atoms with Crippen molar-refractivity contribution < 1.29 is 4.92 Å². The lowest BCUT2D eigenvalue weighted by Gasteiger charge is -1.92. The minimum Gasteiger partial charge on any atom is -0.258 e. The van der Waals surface area contributed by atoms with E-state index in [9.17, 15) is 10.1 Å². The Morgan fingerprint density at radius 2 is 2.29 bits per heavy atom. The number of rotatable bonds is 2. The van der Waals surface area contributed by atoms with Crippen LogP contribution < -0.4 is 0 Å². The molecule has 0 aromatic carbocycles. The van der Waals surface area contributed by atoms with E-state index in [-0.39, 0.29) is 9.92 Å². The van der Waals surface area contributed by atoms with Gasteiger partial charge in [-0.2, -0.15) is 0 Å². The summed E-state index contributed by atoms with van der Waals surface area (Å²) in [4.78, 5) is 14.4. The van der Waals surface area contributed by atoms with Crippen LogP contribution in [0.5, 0.6) is 0 Å². The van der Waals surface area contributed by atoms with Crippen LogP contribution in [0, 0.1) is 10.1 Å². The van der Waals surface area contributed by atoms with Gasteiger partial charge in [-0.05, 0) is 15.9 Å². The van der Waals surface area contributed by atoms with Gasteiger partial charge in [0.2, 0.25) is 0 Å². The second kappa shape index (κ2) is 3.76. The van der Waals surface area contributed by atoms with Gasteiger partial charge in [0.15, 0.2) is 0 Å². The quantitative estimate of drug-likeness (QED) is 0.628. The van der Waals surface area contributed by atoms with Crippen molar-refractivity contribution in [3.8, 4) is 10.6 Å². The fourth-order valence-corrected chi connectivity index (χ4v) is 3.43. The zero-order valence-corrected chi connectivity index (χ0v) is 9.86. The van der Waals surface area contributed by atoms with Crippen molar-refractivity contribution in [2.24, 2.45) is 0 Å². The molecule has 2 rings (SSSR count). The molecule has 0 aliphatic rings. The molecule has 2 heterocycles. The molecule has 0 atom stereocenters. The molecule has 7 heteroatoms. The Bertz CT molecular complexity index is 466. The lowest BCUT2D eigenvalue weighted by Crippen LogP contribution is -1.86. The summed E-state index contributed by atoms with van der Waals surface area (Å²) < 4.78 is 0.726. The maximum absolute atomic E-state index is 10.7. The highest BCUT2D eigenvalue weighted by Crippen LogP contribution is 2.42. The van der Waals surface area contributed by atoms with Crippen molar-refractivity contribution in [3.05, 3.63) is 31.5 Å². The first-order valence-corrected chi connectivity index (χ1v) is 6.06. The Balaban J connectivity index is 2.62. The molecule has 0 saturated heterocycles. The van der Waals surface area contributed by atoms with Gasteiger partial charge in [0.05, 0.1) is 4.92 Å². The molecule has 0 N–H and O–H groups in total. The van der Waals surface area contributed by atoms with Crippen LogP contribution in [0.1, 0.15) is 0 Å². The van der Waals surface area contributed by atoms with Crippen LogP contribution in [-0.4, -0.2) is 9.91 Å². The molecule has 0 aliphatic heterocycles. The maximum Gasteiger partial charge on any atom is 0.335 e. The highest BCUT2D eigenvalue weighted by Gasteiger charge is 2.22. The standard InChI is InChI=1S/C7H3BrN2O2S2/c8-4-3-14-7(10(11)12)5(4)6-9-1-2-13-6/h1-3H. The van der Waals surface area contributed by atoms with E-state index in [1.807, 2.05) is 0 Å². The summed E-state index contributed by atoms with van der Waals surface area (Å²) in [6.07, 6.45) is 1.63. The Morgan fingerprint density at radius 3 is 2.86 bits per heavy atom. The fourth-order valence-electron chi connectivity index (χ4n) is 1.00. The highest BCUT2D eigenvalue weighted by atomic mass is 79.9. The Labute approximate surface area is 95.5 Å². The summed E-state index contributed by atoms with van der Waals surface area (Å²) in [7, 11) is 0. The number of hydrogen-bond acceptors (Lipinski definition) is 5. The van der Waals surface area contributed by atoms with E-state index in [0.29, 0.717) is 10.6 Å². The van der Waals surface area contributed by atoms with Gasteiger partial charge < -0.3 is 0 Å². The Hall–Kier alpha value is -0.790. The monoisotopic (exact) mass is 290 g/mol. The minimum atomic E-state index is -0.383. The number of thiophene rings is 1. The van der Waals surface area contributed by atoms with Crippen molar-refractivity contribution in [2.45, 2.75) is 0 Å². The predicted octanol–water partition coefficient (Wildman–Crippen LogP) is 3.54. The van der Waals surface area contributed by atoms with Crippen molar-refractivity contribution in [3.63, 3.8) is 0 Å². The molecule has 14 heavy (non-hydrogen) atoms. The zero-order chi connectivity index (χ0) is 10.1. The van der Waals surface area contributed by atoms with Gasteiger partial charge in [-0.3, -0.25) is 10.1 Å². The second-order valence-corrected chi connectivity index (χ2v) is 4.97. The second-order valence-electron chi connectivity index (χ2n) is 2.36. The van der Waals surface area contributed by atoms with E-state index in [0.717, 1.165) is 15.8 Å². The van der Waals surface area contributed by atoms with Crippen LogP contribution in [0.2, 0.25) is 0 Å². The number of thiazole rings is 1. The van der Waals surface area contributed by atoms with Gasteiger partial charge in [-0.1, -0.05) is 11.3 Å². The summed E-state index contributed by atoms with van der Waals surface area (Å²) >= 11 is 5.77. The van der Waals surface area contributed by atoms with Gasteiger partial charge in [0.25, 0.3) is 0 Å². The molecule has 0 radical (unpaired) electrons. The first kappa shape index (κ1) is 9.75. The van der Waals surface area contributed by atoms with Gasteiger partial charge >= 0.3 is 5.00 Å². The van der Waals surface area contributed by atoms with Crippen LogP contribution >= 0.6 is 38.6 Å². The maximum atomic E-state index is 10.7. The average molecular weight is 291 g/mol. The molecule has 0 spiro atoms. The lowest BCUT2D eigenvalue weighted by molar-refractivity contribution is -0.379. The van der Waals surface area contributed by atoms with Gasteiger partial charge in [0.1, 0.15) is 10.6 Å². The first-order chi connectivity index (χ1) is 6.70. The van der Waals surface area contributed by atoms with E-state index < -0.39 is 0 Å². The molecule has 0 bridgehead atoms. The Morgan fingerprint density at radius 1 is 1.50 bits per heavy atom. The highest BCUT2D eigenvalue weighted by molar-refractivity contribution is 9.10. The Kier molecular flexibility index (Phi) is 2.62. The minimum absolute atomic E-state index is 0.131. The van der Waals surface area contributed by atoms with Crippen LogP contribution in [0.15, 0.2) is 21.4 Å². The van der Waals surface area contributed by atoms with Gasteiger partial charge in [0, 0.05) is 21.4 Å². The fraction of sp³-hybridized carbons (Fsp3) is 0. The van der Waals surface area contributed by atoms with Gasteiger partial charge in [-0.25, -0.2) is 4.98 Å². The zero-order valence-electron chi connectivity index (χ0n) is 6.64. The summed E-state index contributed by atoms with van der Waals surface area (Å²) in [5, 5.41) is 15.0. The summed E-state index contributed by atoms with van der Waals surface area (Å²) in [6, 6.07) is 0. The number of hydrogen-bond donors (Lipinski definition) is 0. The topological polar surface area (TPSA) is 56.0 Å². The molecule has 0 unspecified atom stereocenters. The van der Waals surface area contributed by atoms with Crippen LogP contribution in [0.4, 0.5) is 5.00 Å². The molecule has 4 nitrogen and oxygen atoms in total. The third kappa shape index (κ3) is 1.58. The predicted molar refractivity (Wildman–Crippen MR) is 59.8 cm³/mol. The third-order valence-electron chi connectivity index (χ3n) is 1.54. The molecule has 0 saturated carbocycles. The lowest BCUT2D eigenvalue weighted by atomic mass is 10.3. The van der Waals surface area contributed by atoms with E-state index in [1.54, 1.807) is 17.0 Å². The number of nitro groups is 1. The molecule has 0 fully saturated rings. The van der Waals surface area contributed by atoms with E-state index in [4.69, 9.17) is 0 Å². The van der Waals surface area contributed by atoms with Crippen molar-refractivity contribution >= 4 is 43.6 Å². The number of halogens is 1. The van der Waals surface area contributed by atoms with Crippen molar-refractivity contribution in [1.82, 2.24) is 4.98 Å². The summed E-state index contributed by atoms with van der Waals surface area (Å²) in [6.45, 7) is 0. The van der Waals surface area contributed by atoms with Crippen LogP contribution in [0.3, 0.4) is 0 Å². The normalized spacial score (nSPS) is 10.4. The molecule has 2 aromatic heterocycles. The smallest absolute Gasteiger partial charge is 0.258 e. The molecular formula is C7H3BrN2O2S2. The van der Waals surface area contributed by atoms with E-state index in [2.05, 4.69) is 20.9 Å². The molecule has 2 aromatic rings. The molecule has 72 valence electrons. The van der Waals surface area contributed by atoms with E-state index >= 15 is 0 Å². The average Bonchev–Trinajstić information content (AvgIpc) is 2.71. The first-order valence-electron chi connectivity index (χ1n) is 3.51. The summed E-state index contributed by atoms with van der Waals surface area (Å²) in [5.74, 6) is 0. The van der Waals surface area contributed by atoms with Crippen LogP contribution in [-0.2, 0) is 0 Å². The largest absolute Gasteiger partial charge is 0.335 e. The third-order valence-corrected chi connectivity index (χ3v) is 4.19. The van der Waals surface area contributed by atoms with E-state index in [1.165, 1.54) is 11.3 Å². The SMILES string of the molecule is O=[N+]([O-])c1scc(Br)c1-c1nccs1. The van der Waals surface area contributed by atoms with Crippen molar-refractivity contribution in [2.75, 3.05) is 0 Å². The molecule has 0 amide bonds. The molecular weight excluding hydrogens is 288 g/mol. The van der Waals surface area contributed by atoms with Crippen molar-refractivity contribution in [1.29, 1.82) is 0 Å². The summed E-state index contributed by atoms with van der Waals surface area (Å²) in [5.41, 5.74) is 0.579. The number of nitrogens with zero attached hydrogens (tertiary/aromatic N) is 2. The number of aromatic nitrogens is 1. The molecule has 0 aliphatic carbocycles. The van der Waals surface area contributed by atoms with Crippen LogP contribution in [0.25, 0.3) is 10.6 Å². The van der Waals surface area contributed by atoms with Gasteiger partial charge in [-0.15, -0.1) is 11.3 Å².